The molecule has 0 fully saturated rings. The molecular weight excluding hydrogens is 318 g/mol. The summed E-state index contributed by atoms with van der Waals surface area (Å²) < 4.78 is 24.2. The van der Waals surface area contributed by atoms with Crippen LogP contribution in [0.25, 0.3) is 0 Å². The Morgan fingerprint density at radius 1 is 1.29 bits per heavy atom. The van der Waals surface area contributed by atoms with Gasteiger partial charge in [0.2, 0.25) is 5.91 Å². The highest BCUT2D eigenvalue weighted by molar-refractivity contribution is 7.92. The molecule has 0 atom stereocenters. The van der Waals surface area contributed by atoms with Crippen LogP contribution in [0.1, 0.15) is 31.1 Å². The van der Waals surface area contributed by atoms with Gasteiger partial charge in [-0.05, 0) is 39.0 Å². The molecule has 8 heteroatoms. The number of carbonyl (C=O) groups excluding carboxylic acids is 1. The van der Waals surface area contributed by atoms with Crippen LogP contribution in [0.4, 0.5) is 0 Å². The van der Waals surface area contributed by atoms with Crippen LogP contribution in [0.2, 0.25) is 5.02 Å². The van der Waals surface area contributed by atoms with Crippen molar-refractivity contribution in [2.24, 2.45) is 0 Å². The standard InChI is InChI=1S/C13H16ClNO5S/c1-13(2,3)15-11(16)7-21(19,20)8-4-5-9(12(17)18)10(14)6-8/h4-6H,7H2,1-3H3,(H,15,16)(H,17,18). The summed E-state index contributed by atoms with van der Waals surface area (Å²) in [5, 5.41) is 11.2. The average molecular weight is 334 g/mol. The zero-order valence-electron chi connectivity index (χ0n) is 11.8. The Bertz CT molecular complexity index is 676. The van der Waals surface area contributed by atoms with Crippen molar-refractivity contribution in [3.05, 3.63) is 28.8 Å². The number of rotatable bonds is 4. The van der Waals surface area contributed by atoms with Gasteiger partial charge in [-0.25, -0.2) is 13.2 Å². The molecule has 1 aromatic carbocycles. The van der Waals surface area contributed by atoms with Gasteiger partial charge in [0.05, 0.1) is 15.5 Å². The van der Waals surface area contributed by atoms with Crippen molar-refractivity contribution in [2.45, 2.75) is 31.2 Å². The molecule has 0 aliphatic carbocycles. The number of hydrogen-bond donors (Lipinski definition) is 2. The lowest BCUT2D eigenvalue weighted by Crippen LogP contribution is -2.43. The van der Waals surface area contributed by atoms with Crippen molar-refractivity contribution in [1.82, 2.24) is 5.32 Å². The second kappa shape index (κ2) is 6.03. The van der Waals surface area contributed by atoms with Crippen LogP contribution >= 0.6 is 11.6 Å². The van der Waals surface area contributed by atoms with E-state index in [1.54, 1.807) is 20.8 Å². The maximum absolute atomic E-state index is 12.1. The Balaban J connectivity index is 3.01. The van der Waals surface area contributed by atoms with E-state index in [1.165, 1.54) is 0 Å². The Kier molecular flexibility index (Phi) is 5.01. The number of benzene rings is 1. The van der Waals surface area contributed by atoms with Crippen LogP contribution < -0.4 is 5.32 Å². The van der Waals surface area contributed by atoms with Gasteiger partial charge >= 0.3 is 5.97 Å². The minimum Gasteiger partial charge on any atom is -0.478 e. The van der Waals surface area contributed by atoms with Crippen molar-refractivity contribution in [1.29, 1.82) is 0 Å². The van der Waals surface area contributed by atoms with E-state index >= 15 is 0 Å². The number of hydrogen-bond acceptors (Lipinski definition) is 4. The van der Waals surface area contributed by atoms with E-state index in [1.807, 2.05) is 0 Å². The summed E-state index contributed by atoms with van der Waals surface area (Å²) in [6.07, 6.45) is 0. The fourth-order valence-electron chi connectivity index (χ4n) is 1.57. The maximum Gasteiger partial charge on any atom is 0.337 e. The summed E-state index contributed by atoms with van der Waals surface area (Å²) in [6.45, 7) is 5.20. The van der Waals surface area contributed by atoms with E-state index in [-0.39, 0.29) is 15.5 Å². The lowest BCUT2D eigenvalue weighted by molar-refractivity contribution is -0.120. The number of aromatic carboxylic acids is 1. The fourth-order valence-corrected chi connectivity index (χ4v) is 3.06. The van der Waals surface area contributed by atoms with Gasteiger partial charge in [0.25, 0.3) is 0 Å². The van der Waals surface area contributed by atoms with Crippen LogP contribution in [0.5, 0.6) is 0 Å². The summed E-state index contributed by atoms with van der Waals surface area (Å²) in [7, 11) is -3.89. The van der Waals surface area contributed by atoms with Crippen molar-refractivity contribution in [3.8, 4) is 0 Å². The molecule has 0 spiro atoms. The third kappa shape index (κ3) is 5.02. The molecule has 0 saturated heterocycles. The zero-order chi connectivity index (χ0) is 16.4. The minimum atomic E-state index is -3.89. The molecule has 0 radical (unpaired) electrons. The first-order chi connectivity index (χ1) is 9.42. The van der Waals surface area contributed by atoms with Crippen LogP contribution in [0.15, 0.2) is 23.1 Å². The smallest absolute Gasteiger partial charge is 0.337 e. The van der Waals surface area contributed by atoms with Gasteiger partial charge in [-0.1, -0.05) is 11.6 Å². The Labute approximate surface area is 128 Å². The first kappa shape index (κ1) is 17.5. The molecule has 0 heterocycles. The van der Waals surface area contributed by atoms with Gasteiger partial charge in [0, 0.05) is 5.54 Å². The molecule has 0 aliphatic rings. The highest BCUT2D eigenvalue weighted by Gasteiger charge is 2.23. The number of carboxylic acids is 1. The number of carbonyl (C=O) groups is 2. The normalized spacial score (nSPS) is 12.0. The number of nitrogens with one attached hydrogen (secondary N) is 1. The van der Waals surface area contributed by atoms with Crippen molar-refractivity contribution in [2.75, 3.05) is 5.75 Å². The molecule has 21 heavy (non-hydrogen) atoms. The lowest BCUT2D eigenvalue weighted by atomic mass is 10.1. The fraction of sp³-hybridized carbons (Fsp3) is 0.385. The van der Waals surface area contributed by atoms with Crippen LogP contribution in [0, 0.1) is 0 Å². The predicted molar refractivity (Wildman–Crippen MR) is 78.4 cm³/mol. The van der Waals surface area contributed by atoms with E-state index in [0.29, 0.717) is 0 Å². The summed E-state index contributed by atoms with van der Waals surface area (Å²) in [6, 6.07) is 3.25. The molecule has 1 rings (SSSR count). The zero-order valence-corrected chi connectivity index (χ0v) is 13.4. The number of sulfone groups is 1. The second-order valence-corrected chi connectivity index (χ2v) is 7.90. The average Bonchev–Trinajstić information content (AvgIpc) is 2.24. The minimum absolute atomic E-state index is 0.193. The molecule has 1 amide bonds. The topological polar surface area (TPSA) is 101 Å². The molecule has 116 valence electrons. The third-order valence-corrected chi connectivity index (χ3v) is 4.29. The highest BCUT2D eigenvalue weighted by atomic mass is 35.5. The Morgan fingerprint density at radius 3 is 2.29 bits per heavy atom. The summed E-state index contributed by atoms with van der Waals surface area (Å²) in [4.78, 5) is 22.3. The predicted octanol–water partition coefficient (Wildman–Crippen LogP) is 1.73. The Morgan fingerprint density at radius 2 is 1.86 bits per heavy atom. The van der Waals surface area contributed by atoms with Crippen molar-refractivity contribution < 1.29 is 23.1 Å². The lowest BCUT2D eigenvalue weighted by Gasteiger charge is -2.20. The quantitative estimate of drug-likeness (QED) is 0.873. The molecule has 0 unspecified atom stereocenters. The largest absolute Gasteiger partial charge is 0.478 e. The van der Waals surface area contributed by atoms with Gasteiger partial charge in [-0.15, -0.1) is 0 Å². The second-order valence-electron chi connectivity index (χ2n) is 5.50. The Hall–Kier alpha value is -1.60. The summed E-state index contributed by atoms with van der Waals surface area (Å²) in [5.41, 5.74) is -0.744. The first-order valence-electron chi connectivity index (χ1n) is 5.99. The molecule has 1 aromatic rings. The van der Waals surface area contributed by atoms with Gasteiger partial charge in [-0.2, -0.15) is 0 Å². The molecule has 6 nitrogen and oxygen atoms in total. The summed E-state index contributed by atoms with van der Waals surface area (Å²) in [5.74, 6) is -2.62. The van der Waals surface area contributed by atoms with Crippen LogP contribution in [-0.4, -0.2) is 36.7 Å². The van der Waals surface area contributed by atoms with E-state index in [4.69, 9.17) is 16.7 Å². The molecule has 0 aliphatic heterocycles. The SMILES string of the molecule is CC(C)(C)NC(=O)CS(=O)(=O)c1ccc(C(=O)O)c(Cl)c1. The van der Waals surface area contributed by atoms with E-state index < -0.39 is 33.0 Å². The van der Waals surface area contributed by atoms with Gasteiger partial charge in [-0.3, -0.25) is 4.79 Å². The number of amides is 1. The van der Waals surface area contributed by atoms with Crippen LogP contribution in [0.3, 0.4) is 0 Å². The summed E-state index contributed by atoms with van der Waals surface area (Å²) >= 11 is 5.73. The molecular formula is C13H16ClNO5S. The monoisotopic (exact) mass is 333 g/mol. The highest BCUT2D eigenvalue weighted by Crippen LogP contribution is 2.21. The van der Waals surface area contributed by atoms with Gasteiger partial charge < -0.3 is 10.4 Å². The van der Waals surface area contributed by atoms with Gasteiger partial charge in [0.15, 0.2) is 9.84 Å². The molecule has 0 bridgehead atoms. The van der Waals surface area contributed by atoms with E-state index in [2.05, 4.69) is 5.32 Å². The van der Waals surface area contributed by atoms with Crippen molar-refractivity contribution >= 4 is 33.3 Å². The van der Waals surface area contributed by atoms with E-state index in [9.17, 15) is 18.0 Å². The van der Waals surface area contributed by atoms with Gasteiger partial charge in [0.1, 0.15) is 5.75 Å². The third-order valence-electron chi connectivity index (χ3n) is 2.37. The molecule has 0 saturated carbocycles. The maximum atomic E-state index is 12.1. The van der Waals surface area contributed by atoms with Crippen molar-refractivity contribution in [3.63, 3.8) is 0 Å². The number of halogens is 1. The van der Waals surface area contributed by atoms with Crippen LogP contribution in [-0.2, 0) is 14.6 Å². The molecule has 0 aromatic heterocycles. The molecule has 2 N–H and O–H groups in total. The number of carboxylic acid groups (broad SMARTS) is 1. The van der Waals surface area contributed by atoms with E-state index in [0.717, 1.165) is 18.2 Å². The first-order valence-corrected chi connectivity index (χ1v) is 8.02.